The van der Waals surface area contributed by atoms with Crippen LogP contribution >= 0.6 is 7.37 Å². The second kappa shape index (κ2) is 5.87. The minimum Gasteiger partial charge on any atom is -0.481 e. The molecule has 0 saturated carbocycles. The van der Waals surface area contributed by atoms with Crippen molar-refractivity contribution in [3.8, 4) is 0 Å². The number of carboxylic acids is 1. The molecule has 1 aliphatic heterocycles. The molecule has 1 fully saturated rings. The maximum Gasteiger partial charge on any atom is 0.311 e. The molecule has 0 spiro atoms. The summed E-state index contributed by atoms with van der Waals surface area (Å²) in [5.74, 6) is -2.77. The Morgan fingerprint density at radius 2 is 2.11 bits per heavy atom. The zero-order valence-electron chi connectivity index (χ0n) is 10.4. The van der Waals surface area contributed by atoms with E-state index in [1.807, 2.05) is 0 Å². The van der Waals surface area contributed by atoms with Crippen molar-refractivity contribution in [1.29, 1.82) is 0 Å². The van der Waals surface area contributed by atoms with Gasteiger partial charge in [0.05, 0.1) is 5.92 Å². The molecule has 1 aromatic carbocycles. The van der Waals surface area contributed by atoms with Gasteiger partial charge in [0.2, 0.25) is 7.37 Å². The molecule has 1 heterocycles. The third-order valence-electron chi connectivity index (χ3n) is 3.30. The highest BCUT2D eigenvalue weighted by Gasteiger charge is 2.39. The minimum absolute atomic E-state index is 0.281. The largest absolute Gasteiger partial charge is 0.481 e. The van der Waals surface area contributed by atoms with E-state index in [0.717, 1.165) is 6.42 Å². The van der Waals surface area contributed by atoms with Gasteiger partial charge in [0.15, 0.2) is 0 Å². The van der Waals surface area contributed by atoms with Crippen molar-refractivity contribution < 1.29 is 24.1 Å². The van der Waals surface area contributed by atoms with Crippen molar-refractivity contribution in [1.82, 2.24) is 0 Å². The SMILES string of the molecule is O=C(O)C(CP(=O)(O)C1CCCO1)c1ccccc1. The van der Waals surface area contributed by atoms with Crippen LogP contribution in [0.1, 0.15) is 24.3 Å². The zero-order valence-corrected chi connectivity index (χ0v) is 11.3. The van der Waals surface area contributed by atoms with Crippen molar-refractivity contribution in [2.75, 3.05) is 12.8 Å². The second-order valence-electron chi connectivity index (χ2n) is 4.71. The molecule has 104 valence electrons. The van der Waals surface area contributed by atoms with Crippen molar-refractivity contribution in [3.05, 3.63) is 35.9 Å². The van der Waals surface area contributed by atoms with E-state index in [4.69, 9.17) is 4.74 Å². The molecule has 2 rings (SSSR count). The number of ether oxygens (including phenoxy) is 1. The summed E-state index contributed by atoms with van der Waals surface area (Å²) in [6.07, 6.45) is 0.990. The van der Waals surface area contributed by atoms with Crippen LogP contribution in [0.3, 0.4) is 0 Å². The maximum absolute atomic E-state index is 12.3. The van der Waals surface area contributed by atoms with Crippen LogP contribution in [0.4, 0.5) is 0 Å². The van der Waals surface area contributed by atoms with Gasteiger partial charge < -0.3 is 14.7 Å². The lowest BCUT2D eigenvalue weighted by Crippen LogP contribution is -2.20. The molecule has 1 aliphatic rings. The van der Waals surface area contributed by atoms with Crippen molar-refractivity contribution in [2.45, 2.75) is 24.6 Å². The van der Waals surface area contributed by atoms with Gasteiger partial charge in [0, 0.05) is 12.8 Å². The first kappa shape index (κ1) is 14.3. The minimum atomic E-state index is -3.62. The molecule has 0 amide bonds. The summed E-state index contributed by atoms with van der Waals surface area (Å²) in [4.78, 5) is 21.4. The zero-order chi connectivity index (χ0) is 13.9. The fraction of sp³-hybridized carbons (Fsp3) is 0.462. The number of hydrogen-bond donors (Lipinski definition) is 2. The highest BCUT2D eigenvalue weighted by molar-refractivity contribution is 7.58. The fourth-order valence-corrected chi connectivity index (χ4v) is 4.32. The highest BCUT2D eigenvalue weighted by atomic mass is 31.2. The van der Waals surface area contributed by atoms with E-state index in [-0.39, 0.29) is 6.16 Å². The Kier molecular flexibility index (Phi) is 4.40. The first-order chi connectivity index (χ1) is 9.00. The Hall–Kier alpha value is -1.16. The van der Waals surface area contributed by atoms with Crippen LogP contribution in [-0.2, 0) is 14.1 Å². The van der Waals surface area contributed by atoms with Crippen molar-refractivity contribution >= 4 is 13.3 Å². The molecular formula is C13H17O5P. The van der Waals surface area contributed by atoms with Crippen molar-refractivity contribution in [3.63, 3.8) is 0 Å². The highest BCUT2D eigenvalue weighted by Crippen LogP contribution is 2.53. The summed E-state index contributed by atoms with van der Waals surface area (Å²) < 4.78 is 17.5. The number of hydrogen-bond acceptors (Lipinski definition) is 3. The van der Waals surface area contributed by atoms with E-state index >= 15 is 0 Å². The predicted molar refractivity (Wildman–Crippen MR) is 70.5 cm³/mol. The molecular weight excluding hydrogens is 267 g/mol. The molecule has 0 bridgehead atoms. The quantitative estimate of drug-likeness (QED) is 0.810. The summed E-state index contributed by atoms with van der Waals surface area (Å²) in [6.45, 7) is 0.471. The lowest BCUT2D eigenvalue weighted by atomic mass is 10.0. The van der Waals surface area contributed by atoms with Crippen LogP contribution < -0.4 is 0 Å². The third kappa shape index (κ3) is 3.44. The van der Waals surface area contributed by atoms with E-state index in [2.05, 4.69) is 0 Å². The van der Waals surface area contributed by atoms with Gasteiger partial charge in [-0.3, -0.25) is 9.36 Å². The number of aliphatic carboxylic acids is 1. The van der Waals surface area contributed by atoms with Crippen LogP contribution in [0.2, 0.25) is 0 Å². The Morgan fingerprint density at radius 1 is 1.42 bits per heavy atom. The first-order valence-electron chi connectivity index (χ1n) is 6.21. The second-order valence-corrected chi connectivity index (χ2v) is 7.16. The normalized spacial score (nSPS) is 23.7. The fourth-order valence-electron chi connectivity index (χ4n) is 2.27. The Morgan fingerprint density at radius 3 is 2.63 bits per heavy atom. The average Bonchev–Trinajstić information content (AvgIpc) is 2.91. The molecule has 5 nitrogen and oxygen atoms in total. The Balaban J connectivity index is 2.17. The molecule has 1 aromatic rings. The van der Waals surface area contributed by atoms with E-state index in [9.17, 15) is 19.4 Å². The maximum atomic E-state index is 12.3. The molecule has 19 heavy (non-hydrogen) atoms. The van der Waals surface area contributed by atoms with Crippen LogP contribution in [0.15, 0.2) is 30.3 Å². The smallest absolute Gasteiger partial charge is 0.311 e. The van der Waals surface area contributed by atoms with Crippen LogP contribution in [0.25, 0.3) is 0 Å². The van der Waals surface area contributed by atoms with Gasteiger partial charge >= 0.3 is 5.97 Å². The summed E-state index contributed by atoms with van der Waals surface area (Å²) in [7, 11) is -3.62. The van der Waals surface area contributed by atoms with E-state index in [1.165, 1.54) is 0 Å². The van der Waals surface area contributed by atoms with Gasteiger partial charge in [-0.25, -0.2) is 0 Å². The number of rotatable bonds is 5. The van der Waals surface area contributed by atoms with Crippen molar-refractivity contribution in [2.24, 2.45) is 0 Å². The number of benzene rings is 1. The van der Waals surface area contributed by atoms with Gasteiger partial charge in [0.25, 0.3) is 0 Å². The molecule has 6 heteroatoms. The van der Waals surface area contributed by atoms with Gasteiger partial charge in [0.1, 0.15) is 5.85 Å². The molecule has 1 saturated heterocycles. The molecule has 0 radical (unpaired) electrons. The van der Waals surface area contributed by atoms with Crippen LogP contribution in [-0.4, -0.2) is 34.6 Å². The predicted octanol–water partition coefficient (Wildman–Crippen LogP) is 2.26. The lowest BCUT2D eigenvalue weighted by Gasteiger charge is -2.21. The topological polar surface area (TPSA) is 83.8 Å². The molecule has 0 aliphatic carbocycles. The summed E-state index contributed by atoms with van der Waals surface area (Å²) in [6, 6.07) is 8.54. The molecule has 3 unspecified atom stereocenters. The number of carboxylic acid groups (broad SMARTS) is 1. The number of carbonyl (C=O) groups is 1. The van der Waals surface area contributed by atoms with E-state index in [0.29, 0.717) is 18.6 Å². The van der Waals surface area contributed by atoms with E-state index < -0.39 is 25.1 Å². The summed E-state index contributed by atoms with van der Waals surface area (Å²) in [5, 5.41) is 9.26. The first-order valence-corrected chi connectivity index (χ1v) is 8.13. The average molecular weight is 284 g/mol. The van der Waals surface area contributed by atoms with Gasteiger partial charge in [-0.1, -0.05) is 30.3 Å². The Bertz CT molecular complexity index is 481. The van der Waals surface area contributed by atoms with Gasteiger partial charge in [-0.2, -0.15) is 0 Å². The van der Waals surface area contributed by atoms with Crippen LogP contribution in [0.5, 0.6) is 0 Å². The summed E-state index contributed by atoms with van der Waals surface area (Å²) in [5.41, 5.74) is 0.544. The van der Waals surface area contributed by atoms with Crippen LogP contribution in [0, 0.1) is 0 Å². The molecule has 0 aromatic heterocycles. The summed E-state index contributed by atoms with van der Waals surface area (Å²) >= 11 is 0. The molecule has 3 atom stereocenters. The Labute approximate surface area is 111 Å². The lowest BCUT2D eigenvalue weighted by molar-refractivity contribution is -0.138. The van der Waals surface area contributed by atoms with Gasteiger partial charge in [-0.15, -0.1) is 0 Å². The monoisotopic (exact) mass is 284 g/mol. The van der Waals surface area contributed by atoms with Gasteiger partial charge in [-0.05, 0) is 18.4 Å². The standard InChI is InChI=1S/C13H17O5P/c14-13(15)11(10-5-2-1-3-6-10)9-19(16,17)12-7-4-8-18-12/h1-3,5-6,11-12H,4,7-9H2,(H,14,15)(H,16,17). The van der Waals surface area contributed by atoms with E-state index in [1.54, 1.807) is 30.3 Å². The third-order valence-corrected chi connectivity index (χ3v) is 5.50. The molecule has 2 N–H and O–H groups in total.